The molecule has 2 N–H and O–H groups in total. The van der Waals surface area contributed by atoms with E-state index < -0.39 is 0 Å². The predicted molar refractivity (Wildman–Crippen MR) is 77.4 cm³/mol. The third kappa shape index (κ3) is 2.37. The summed E-state index contributed by atoms with van der Waals surface area (Å²) >= 11 is 0. The minimum atomic E-state index is -0.355. The standard InChI is InChI=1S/C16H24N2O2/c1-10-6-12-13(7-16(2,3)8-14(12)19)18(10)9-11-4-5-15(20)17-11/h6,11,14,19H,4-5,7-9H2,1-3H3,(H,17,20). The van der Waals surface area contributed by atoms with Gasteiger partial charge in [-0.2, -0.15) is 0 Å². The summed E-state index contributed by atoms with van der Waals surface area (Å²) in [5.74, 6) is 0.161. The van der Waals surface area contributed by atoms with Crippen LogP contribution in [0.5, 0.6) is 0 Å². The number of rotatable bonds is 2. The number of hydrogen-bond acceptors (Lipinski definition) is 2. The van der Waals surface area contributed by atoms with Crippen molar-refractivity contribution in [2.75, 3.05) is 0 Å². The topological polar surface area (TPSA) is 54.3 Å². The lowest BCUT2D eigenvalue weighted by molar-refractivity contribution is -0.119. The number of aliphatic hydroxyl groups is 1. The molecule has 2 aliphatic rings. The van der Waals surface area contributed by atoms with Gasteiger partial charge in [0.1, 0.15) is 0 Å². The molecule has 2 atom stereocenters. The fraction of sp³-hybridized carbons (Fsp3) is 0.688. The smallest absolute Gasteiger partial charge is 0.220 e. The highest BCUT2D eigenvalue weighted by Crippen LogP contribution is 2.42. The van der Waals surface area contributed by atoms with Crippen LogP contribution in [-0.2, 0) is 17.8 Å². The highest BCUT2D eigenvalue weighted by atomic mass is 16.3. The van der Waals surface area contributed by atoms with E-state index in [1.54, 1.807) is 0 Å². The van der Waals surface area contributed by atoms with Crippen LogP contribution < -0.4 is 5.32 Å². The van der Waals surface area contributed by atoms with E-state index in [0.29, 0.717) is 6.42 Å². The first-order valence-electron chi connectivity index (χ1n) is 7.52. The normalized spacial score (nSPS) is 28.3. The van der Waals surface area contributed by atoms with E-state index >= 15 is 0 Å². The van der Waals surface area contributed by atoms with E-state index in [-0.39, 0.29) is 23.5 Å². The van der Waals surface area contributed by atoms with E-state index in [9.17, 15) is 9.90 Å². The van der Waals surface area contributed by atoms with Gasteiger partial charge in [-0.1, -0.05) is 13.8 Å². The lowest BCUT2D eigenvalue weighted by atomic mass is 9.75. The van der Waals surface area contributed by atoms with Crippen LogP contribution in [0, 0.1) is 12.3 Å². The van der Waals surface area contributed by atoms with Crippen molar-refractivity contribution < 1.29 is 9.90 Å². The predicted octanol–water partition coefficient (Wildman–Crippen LogP) is 2.08. The summed E-state index contributed by atoms with van der Waals surface area (Å²) in [6.07, 6.45) is 3.02. The van der Waals surface area contributed by atoms with Crippen LogP contribution in [0.25, 0.3) is 0 Å². The lowest BCUT2D eigenvalue weighted by Crippen LogP contribution is -2.32. The zero-order chi connectivity index (χ0) is 14.5. The summed E-state index contributed by atoms with van der Waals surface area (Å²) in [6, 6.07) is 2.35. The Kier molecular flexibility index (Phi) is 3.16. The molecule has 4 heteroatoms. The van der Waals surface area contributed by atoms with E-state index in [1.165, 1.54) is 11.4 Å². The summed E-state index contributed by atoms with van der Waals surface area (Å²) in [7, 11) is 0. The van der Waals surface area contributed by atoms with Crippen LogP contribution in [0.15, 0.2) is 6.07 Å². The fourth-order valence-corrected chi connectivity index (χ4v) is 3.69. The Morgan fingerprint density at radius 2 is 2.25 bits per heavy atom. The van der Waals surface area contributed by atoms with Gasteiger partial charge in [0.25, 0.3) is 0 Å². The molecular formula is C16H24N2O2. The number of carbonyl (C=O) groups excluding carboxylic acids is 1. The number of fused-ring (bicyclic) bond motifs is 1. The molecule has 0 spiro atoms. The molecule has 1 aromatic heterocycles. The van der Waals surface area contributed by atoms with Crippen LogP contribution in [0.2, 0.25) is 0 Å². The first kappa shape index (κ1) is 13.7. The number of nitrogens with one attached hydrogen (secondary N) is 1. The van der Waals surface area contributed by atoms with Crippen molar-refractivity contribution in [3.8, 4) is 0 Å². The molecule has 3 rings (SSSR count). The summed E-state index contributed by atoms with van der Waals surface area (Å²) in [5.41, 5.74) is 3.67. The molecule has 1 aromatic rings. The molecule has 1 fully saturated rings. The molecule has 20 heavy (non-hydrogen) atoms. The SMILES string of the molecule is Cc1cc2c(n1CC1CCC(=O)N1)CC(C)(C)CC2O. The van der Waals surface area contributed by atoms with E-state index in [1.807, 2.05) is 0 Å². The third-order valence-electron chi connectivity index (χ3n) is 4.69. The Balaban J connectivity index is 1.90. The highest BCUT2D eigenvalue weighted by molar-refractivity contribution is 5.78. The van der Waals surface area contributed by atoms with E-state index in [4.69, 9.17) is 0 Å². The molecule has 1 aliphatic heterocycles. The van der Waals surface area contributed by atoms with Crippen LogP contribution in [0.4, 0.5) is 0 Å². The first-order chi connectivity index (χ1) is 9.35. The molecule has 2 unspecified atom stereocenters. The molecule has 0 radical (unpaired) electrons. The van der Waals surface area contributed by atoms with Crippen molar-refractivity contribution in [3.63, 3.8) is 0 Å². The highest BCUT2D eigenvalue weighted by Gasteiger charge is 2.34. The summed E-state index contributed by atoms with van der Waals surface area (Å²) < 4.78 is 2.30. The number of amides is 1. The fourth-order valence-electron chi connectivity index (χ4n) is 3.69. The first-order valence-corrected chi connectivity index (χ1v) is 7.52. The van der Waals surface area contributed by atoms with Crippen LogP contribution >= 0.6 is 0 Å². The molecule has 0 saturated carbocycles. The maximum atomic E-state index is 11.4. The quantitative estimate of drug-likeness (QED) is 0.869. The van der Waals surface area contributed by atoms with Crippen molar-refractivity contribution in [2.24, 2.45) is 5.41 Å². The van der Waals surface area contributed by atoms with Gasteiger partial charge in [0, 0.05) is 36.0 Å². The zero-order valence-electron chi connectivity index (χ0n) is 12.6. The minimum Gasteiger partial charge on any atom is -0.388 e. The summed E-state index contributed by atoms with van der Waals surface area (Å²) in [5, 5.41) is 13.4. The Bertz CT molecular complexity index is 545. The minimum absolute atomic E-state index is 0.133. The third-order valence-corrected chi connectivity index (χ3v) is 4.69. The molecule has 2 heterocycles. The number of aromatic nitrogens is 1. The Morgan fingerprint density at radius 3 is 2.90 bits per heavy atom. The average molecular weight is 276 g/mol. The van der Waals surface area contributed by atoms with Crippen LogP contribution in [-0.4, -0.2) is 21.6 Å². The van der Waals surface area contributed by atoms with Gasteiger partial charge in [-0.15, -0.1) is 0 Å². The van der Waals surface area contributed by atoms with Crippen molar-refractivity contribution in [3.05, 3.63) is 23.0 Å². The Hall–Kier alpha value is -1.29. The molecule has 1 aliphatic carbocycles. The molecule has 0 bridgehead atoms. The molecule has 4 nitrogen and oxygen atoms in total. The zero-order valence-corrected chi connectivity index (χ0v) is 12.6. The maximum absolute atomic E-state index is 11.4. The number of aliphatic hydroxyl groups excluding tert-OH is 1. The molecule has 110 valence electrons. The maximum Gasteiger partial charge on any atom is 0.220 e. The van der Waals surface area contributed by atoms with Crippen LogP contribution in [0.3, 0.4) is 0 Å². The second-order valence-corrected chi connectivity index (χ2v) is 7.16. The number of aryl methyl sites for hydroxylation is 1. The van der Waals surface area contributed by atoms with Gasteiger partial charge in [0.15, 0.2) is 0 Å². The number of hydrogen-bond donors (Lipinski definition) is 2. The largest absolute Gasteiger partial charge is 0.388 e. The molecule has 1 amide bonds. The summed E-state index contributed by atoms with van der Waals surface area (Å²) in [4.78, 5) is 11.4. The van der Waals surface area contributed by atoms with Crippen molar-refractivity contribution >= 4 is 5.91 Å². The molecule has 0 aromatic carbocycles. The van der Waals surface area contributed by atoms with Crippen LogP contribution in [0.1, 0.15) is 56.2 Å². The number of nitrogens with zero attached hydrogens (tertiary/aromatic N) is 1. The average Bonchev–Trinajstić information content (AvgIpc) is 2.86. The van der Waals surface area contributed by atoms with Gasteiger partial charge >= 0.3 is 0 Å². The van der Waals surface area contributed by atoms with Crippen molar-refractivity contribution in [2.45, 2.75) is 65.1 Å². The Labute approximate surface area is 120 Å². The van der Waals surface area contributed by atoms with Gasteiger partial charge in [-0.25, -0.2) is 0 Å². The van der Waals surface area contributed by atoms with E-state index in [2.05, 4.69) is 36.7 Å². The van der Waals surface area contributed by atoms with Gasteiger partial charge in [-0.3, -0.25) is 4.79 Å². The van der Waals surface area contributed by atoms with E-state index in [0.717, 1.165) is 31.4 Å². The second kappa shape index (κ2) is 4.62. The molecular weight excluding hydrogens is 252 g/mol. The van der Waals surface area contributed by atoms with Crippen molar-refractivity contribution in [1.29, 1.82) is 0 Å². The summed E-state index contributed by atoms with van der Waals surface area (Å²) in [6.45, 7) is 7.34. The molecule has 1 saturated heterocycles. The second-order valence-electron chi connectivity index (χ2n) is 7.16. The van der Waals surface area contributed by atoms with Gasteiger partial charge in [0.05, 0.1) is 6.10 Å². The van der Waals surface area contributed by atoms with Gasteiger partial charge < -0.3 is 15.0 Å². The monoisotopic (exact) mass is 276 g/mol. The van der Waals surface area contributed by atoms with Gasteiger partial charge in [0.2, 0.25) is 5.91 Å². The Morgan fingerprint density at radius 1 is 1.50 bits per heavy atom. The lowest BCUT2D eigenvalue weighted by Gasteiger charge is -2.34. The number of carbonyl (C=O) groups is 1. The van der Waals surface area contributed by atoms with Crippen molar-refractivity contribution in [1.82, 2.24) is 9.88 Å². The van der Waals surface area contributed by atoms with Gasteiger partial charge in [-0.05, 0) is 37.7 Å².